The van der Waals surface area contributed by atoms with Crippen LogP contribution in [-0.4, -0.2) is 23.8 Å². The van der Waals surface area contributed by atoms with E-state index in [0.717, 1.165) is 12.1 Å². The molecule has 3 atom stereocenters. The predicted molar refractivity (Wildman–Crippen MR) is 122 cm³/mol. The fourth-order valence-corrected chi connectivity index (χ4v) is 4.01. The molecule has 0 saturated carbocycles. The number of carbonyl (C=O) groups excluding carboxylic acids is 4. The summed E-state index contributed by atoms with van der Waals surface area (Å²) in [6.45, 7) is -0.201. The molecule has 0 radical (unpaired) electrons. The third-order valence-electron chi connectivity index (χ3n) is 5.74. The highest BCUT2D eigenvalue weighted by atomic mass is 19.1. The average Bonchev–Trinajstić information content (AvgIpc) is 2.87. The van der Waals surface area contributed by atoms with Gasteiger partial charge in [-0.1, -0.05) is 72.8 Å². The van der Waals surface area contributed by atoms with Crippen molar-refractivity contribution in [3.05, 3.63) is 107 Å². The third kappa shape index (κ3) is 5.60. The molecule has 1 aliphatic heterocycles. The van der Waals surface area contributed by atoms with E-state index in [1.54, 1.807) is 48.5 Å². The molecule has 0 aliphatic carbocycles. The minimum absolute atomic E-state index is 0.101. The van der Waals surface area contributed by atoms with E-state index in [1.165, 1.54) is 12.1 Å². The maximum Gasteiger partial charge on any atom is 0.319 e. The Bertz CT molecular complexity index is 1140. The van der Waals surface area contributed by atoms with Gasteiger partial charge in [0.2, 0.25) is 11.8 Å². The monoisotopic (exact) mass is 475 g/mol. The number of nitrogens with one attached hydrogen (secondary N) is 1. The molecule has 178 valence electrons. The molecule has 0 bridgehead atoms. The number of esters is 2. The number of benzene rings is 3. The molecule has 0 unspecified atom stereocenters. The Hall–Kier alpha value is -4.33. The van der Waals surface area contributed by atoms with Crippen molar-refractivity contribution >= 4 is 23.8 Å². The summed E-state index contributed by atoms with van der Waals surface area (Å²) in [5.74, 6) is -8.42. The molecule has 1 fully saturated rings. The molecule has 2 amide bonds. The molecular weight excluding hydrogens is 453 g/mol. The minimum atomic E-state index is -1.52. The second-order valence-electron chi connectivity index (χ2n) is 8.07. The van der Waals surface area contributed by atoms with E-state index in [0.29, 0.717) is 11.1 Å². The molecule has 3 aromatic carbocycles. The van der Waals surface area contributed by atoms with Gasteiger partial charge in [-0.2, -0.15) is 0 Å². The van der Waals surface area contributed by atoms with Crippen molar-refractivity contribution in [2.45, 2.75) is 19.1 Å². The highest BCUT2D eigenvalue weighted by molar-refractivity contribution is 6.14. The highest BCUT2D eigenvalue weighted by Crippen LogP contribution is 2.38. The van der Waals surface area contributed by atoms with Crippen LogP contribution in [0.5, 0.6) is 0 Å². The van der Waals surface area contributed by atoms with Crippen LogP contribution in [0.2, 0.25) is 0 Å². The lowest BCUT2D eigenvalue weighted by molar-refractivity contribution is -0.164. The van der Waals surface area contributed by atoms with E-state index < -0.39 is 47.3 Å². The summed E-state index contributed by atoms with van der Waals surface area (Å²) >= 11 is 0. The van der Waals surface area contributed by atoms with Gasteiger partial charge in [-0.15, -0.1) is 0 Å². The average molecular weight is 475 g/mol. The van der Waals surface area contributed by atoms with Crippen molar-refractivity contribution in [2.75, 3.05) is 0 Å². The second-order valence-corrected chi connectivity index (χ2v) is 8.07. The van der Waals surface area contributed by atoms with Gasteiger partial charge in [-0.25, -0.2) is 4.39 Å². The number of ether oxygens (including phenoxy) is 2. The maximum absolute atomic E-state index is 13.6. The van der Waals surface area contributed by atoms with E-state index in [4.69, 9.17) is 9.47 Å². The Balaban J connectivity index is 1.62. The predicted octanol–water partition coefficient (Wildman–Crippen LogP) is 3.28. The zero-order chi connectivity index (χ0) is 24.8. The zero-order valence-corrected chi connectivity index (χ0v) is 18.6. The van der Waals surface area contributed by atoms with Gasteiger partial charge in [-0.05, 0) is 28.8 Å². The summed E-state index contributed by atoms with van der Waals surface area (Å²) in [5.41, 5.74) is 1.66. The number of amides is 2. The Morgan fingerprint density at radius 1 is 0.686 bits per heavy atom. The minimum Gasteiger partial charge on any atom is -0.460 e. The van der Waals surface area contributed by atoms with Crippen molar-refractivity contribution in [3.63, 3.8) is 0 Å². The smallest absolute Gasteiger partial charge is 0.319 e. The first-order chi connectivity index (χ1) is 16.9. The van der Waals surface area contributed by atoms with Crippen LogP contribution >= 0.6 is 0 Å². The van der Waals surface area contributed by atoms with Crippen molar-refractivity contribution in [2.24, 2.45) is 11.8 Å². The molecule has 8 heteroatoms. The standard InChI is InChI=1S/C27H22FNO6/c28-20-13-11-19(12-14-20)21-22(26(32)34-15-17-7-3-1-4-8-17)24(30)29-25(31)23(21)27(33)35-16-18-9-5-2-6-10-18/h1-14,21-23H,15-16H2,(H,29,30,31)/t21-,22+,23-. The van der Waals surface area contributed by atoms with E-state index in [2.05, 4.69) is 5.32 Å². The van der Waals surface area contributed by atoms with Crippen LogP contribution in [0.15, 0.2) is 84.9 Å². The van der Waals surface area contributed by atoms with E-state index >= 15 is 0 Å². The summed E-state index contributed by atoms with van der Waals surface area (Å²) in [6, 6.07) is 22.6. The molecule has 3 aromatic rings. The number of halogens is 1. The maximum atomic E-state index is 13.6. The van der Waals surface area contributed by atoms with Crippen molar-refractivity contribution in [1.82, 2.24) is 5.32 Å². The number of piperidine rings is 1. The number of hydrogen-bond acceptors (Lipinski definition) is 6. The molecule has 0 aromatic heterocycles. The van der Waals surface area contributed by atoms with Gasteiger partial charge in [0.1, 0.15) is 30.9 Å². The summed E-state index contributed by atoms with van der Waals surface area (Å²) in [7, 11) is 0. The third-order valence-corrected chi connectivity index (χ3v) is 5.74. The van der Waals surface area contributed by atoms with Crippen LogP contribution in [0.1, 0.15) is 22.6 Å². The molecule has 7 nitrogen and oxygen atoms in total. The molecule has 1 aliphatic rings. The lowest BCUT2D eigenvalue weighted by atomic mass is 9.73. The van der Waals surface area contributed by atoms with Crippen LogP contribution in [0.3, 0.4) is 0 Å². The number of rotatable bonds is 7. The fourth-order valence-electron chi connectivity index (χ4n) is 4.01. The largest absolute Gasteiger partial charge is 0.460 e. The Morgan fingerprint density at radius 2 is 1.11 bits per heavy atom. The normalized spacial score (nSPS) is 19.5. The summed E-state index contributed by atoms with van der Waals surface area (Å²) in [5, 5.41) is 2.10. The van der Waals surface area contributed by atoms with Gasteiger partial charge in [0.05, 0.1) is 0 Å². The second kappa shape index (κ2) is 10.7. The number of carbonyl (C=O) groups is 4. The fraction of sp³-hybridized carbons (Fsp3) is 0.185. The Morgan fingerprint density at radius 3 is 1.54 bits per heavy atom. The molecule has 0 spiro atoms. The molecule has 1 saturated heterocycles. The molecular formula is C27H22FNO6. The highest BCUT2D eigenvalue weighted by Gasteiger charge is 2.52. The topological polar surface area (TPSA) is 98.8 Å². The summed E-state index contributed by atoms with van der Waals surface area (Å²) in [4.78, 5) is 51.7. The molecule has 1 heterocycles. The van der Waals surface area contributed by atoms with Gasteiger partial charge in [-0.3, -0.25) is 24.5 Å². The first-order valence-corrected chi connectivity index (χ1v) is 11.0. The van der Waals surface area contributed by atoms with Crippen molar-refractivity contribution < 1.29 is 33.0 Å². The van der Waals surface area contributed by atoms with E-state index in [-0.39, 0.29) is 18.8 Å². The van der Waals surface area contributed by atoms with Gasteiger partial charge in [0.15, 0.2) is 0 Å². The van der Waals surface area contributed by atoms with E-state index in [1.807, 2.05) is 12.1 Å². The molecule has 4 rings (SSSR count). The van der Waals surface area contributed by atoms with E-state index in [9.17, 15) is 23.6 Å². The zero-order valence-electron chi connectivity index (χ0n) is 18.6. The SMILES string of the molecule is O=C1NC(=O)[C@@H](C(=O)OCc2ccccc2)[C@@H](c2ccc(F)cc2)[C@H]1C(=O)OCc1ccccc1. The van der Waals surface area contributed by atoms with Gasteiger partial charge < -0.3 is 9.47 Å². The Labute approximate surface area is 200 Å². The quantitative estimate of drug-likeness (QED) is 0.320. The first kappa shape index (κ1) is 23.8. The number of hydrogen-bond donors (Lipinski definition) is 1. The van der Waals surface area contributed by atoms with Crippen LogP contribution in [-0.2, 0) is 41.9 Å². The van der Waals surface area contributed by atoms with Crippen LogP contribution in [0.4, 0.5) is 4.39 Å². The Kier molecular flexibility index (Phi) is 7.30. The summed E-state index contributed by atoms with van der Waals surface area (Å²) < 4.78 is 24.3. The van der Waals surface area contributed by atoms with Gasteiger partial charge in [0.25, 0.3) is 0 Å². The van der Waals surface area contributed by atoms with Gasteiger partial charge in [0, 0.05) is 5.92 Å². The lowest BCUT2D eigenvalue weighted by Crippen LogP contribution is -2.55. The molecule has 1 N–H and O–H groups in total. The van der Waals surface area contributed by atoms with Crippen LogP contribution < -0.4 is 5.32 Å². The van der Waals surface area contributed by atoms with Crippen molar-refractivity contribution in [3.8, 4) is 0 Å². The first-order valence-electron chi connectivity index (χ1n) is 11.0. The lowest BCUT2D eigenvalue weighted by Gasteiger charge is -2.34. The van der Waals surface area contributed by atoms with Crippen LogP contribution in [0, 0.1) is 17.7 Å². The van der Waals surface area contributed by atoms with Crippen molar-refractivity contribution in [1.29, 1.82) is 0 Å². The molecule has 35 heavy (non-hydrogen) atoms. The van der Waals surface area contributed by atoms with Crippen LogP contribution in [0.25, 0.3) is 0 Å². The van der Waals surface area contributed by atoms with Gasteiger partial charge >= 0.3 is 11.9 Å². The summed E-state index contributed by atoms with van der Waals surface area (Å²) in [6.07, 6.45) is 0. The number of imide groups is 1.